The van der Waals surface area contributed by atoms with Crippen molar-refractivity contribution < 1.29 is 14.1 Å². The van der Waals surface area contributed by atoms with E-state index in [4.69, 9.17) is 9.26 Å². The molecule has 0 saturated carbocycles. The Morgan fingerprint density at radius 3 is 2.71 bits per heavy atom. The summed E-state index contributed by atoms with van der Waals surface area (Å²) in [7, 11) is 0. The molecule has 4 heteroatoms. The molecule has 4 nitrogen and oxygen atoms in total. The summed E-state index contributed by atoms with van der Waals surface area (Å²) < 4.78 is 10.3. The molecule has 1 heterocycles. The number of esters is 1. The first-order chi connectivity index (χ1) is 7.87. The molecule has 0 unspecified atom stereocenters. The number of ether oxygens (including phenoxy) is 1. The Labute approximate surface area is 99.5 Å². The predicted molar refractivity (Wildman–Crippen MR) is 63.9 cm³/mol. The van der Waals surface area contributed by atoms with Gasteiger partial charge in [-0.2, -0.15) is 0 Å². The first-order valence-electron chi connectivity index (χ1n) is 5.46. The van der Waals surface area contributed by atoms with Gasteiger partial charge in [0.25, 0.3) is 0 Å². The Hall–Kier alpha value is -1.84. The average molecular weight is 233 g/mol. The monoisotopic (exact) mass is 233 g/mol. The molecule has 0 atom stereocenters. The first kappa shape index (κ1) is 11.6. The molecule has 2 aromatic rings. The molecule has 17 heavy (non-hydrogen) atoms. The maximum Gasteiger partial charge on any atom is 0.338 e. The molecule has 0 radical (unpaired) electrons. The summed E-state index contributed by atoms with van der Waals surface area (Å²) in [4.78, 5) is 11.8. The number of rotatable bonds is 1. The van der Waals surface area contributed by atoms with Gasteiger partial charge in [0.15, 0.2) is 0 Å². The Bertz CT molecular complexity index is 564. The van der Waals surface area contributed by atoms with Gasteiger partial charge in [0.1, 0.15) is 16.9 Å². The standard InChI is InChI=1S/C13H15NO3/c1-8-10-6-5-9(7-11(10)14-17-8)12(15)16-13(2,3)4/h5-7H,1-4H3. The second kappa shape index (κ2) is 3.87. The average Bonchev–Trinajstić information content (AvgIpc) is 2.57. The molecule has 1 aromatic carbocycles. The van der Waals surface area contributed by atoms with E-state index in [0.29, 0.717) is 11.1 Å². The minimum Gasteiger partial charge on any atom is -0.456 e. The van der Waals surface area contributed by atoms with E-state index in [2.05, 4.69) is 5.16 Å². The Morgan fingerprint density at radius 1 is 1.35 bits per heavy atom. The molecule has 2 rings (SSSR count). The van der Waals surface area contributed by atoms with E-state index in [9.17, 15) is 4.79 Å². The highest BCUT2D eigenvalue weighted by atomic mass is 16.6. The summed E-state index contributed by atoms with van der Waals surface area (Å²) in [5.41, 5.74) is 0.665. The van der Waals surface area contributed by atoms with Crippen LogP contribution in [0.3, 0.4) is 0 Å². The van der Waals surface area contributed by atoms with Crippen LogP contribution in [0.15, 0.2) is 22.7 Å². The van der Waals surface area contributed by atoms with E-state index in [-0.39, 0.29) is 5.97 Å². The number of fused-ring (bicyclic) bond motifs is 1. The van der Waals surface area contributed by atoms with Crippen LogP contribution in [-0.4, -0.2) is 16.7 Å². The highest BCUT2D eigenvalue weighted by Crippen LogP contribution is 2.20. The van der Waals surface area contributed by atoms with Gasteiger partial charge in [0, 0.05) is 5.39 Å². The van der Waals surface area contributed by atoms with Crippen LogP contribution in [0.4, 0.5) is 0 Å². The van der Waals surface area contributed by atoms with Crippen LogP contribution in [0.1, 0.15) is 36.9 Å². The summed E-state index contributed by atoms with van der Waals surface area (Å²) in [6.45, 7) is 7.35. The SMILES string of the molecule is Cc1onc2cc(C(=O)OC(C)(C)C)ccc12. The summed E-state index contributed by atoms with van der Waals surface area (Å²) in [6, 6.07) is 5.22. The summed E-state index contributed by atoms with van der Waals surface area (Å²) in [5.74, 6) is 0.399. The topological polar surface area (TPSA) is 52.3 Å². The lowest BCUT2D eigenvalue weighted by Crippen LogP contribution is -2.23. The van der Waals surface area contributed by atoms with Gasteiger partial charge in [-0.15, -0.1) is 0 Å². The van der Waals surface area contributed by atoms with E-state index < -0.39 is 5.60 Å². The molecular weight excluding hydrogens is 218 g/mol. The van der Waals surface area contributed by atoms with Crippen LogP contribution < -0.4 is 0 Å². The quantitative estimate of drug-likeness (QED) is 0.710. The predicted octanol–water partition coefficient (Wildman–Crippen LogP) is 3.09. The van der Waals surface area contributed by atoms with Crippen LogP contribution in [-0.2, 0) is 4.74 Å². The maximum atomic E-state index is 11.8. The van der Waals surface area contributed by atoms with Gasteiger partial charge < -0.3 is 9.26 Å². The fourth-order valence-corrected chi connectivity index (χ4v) is 1.54. The number of nitrogens with zero attached hydrogens (tertiary/aromatic N) is 1. The van der Waals surface area contributed by atoms with Crippen molar-refractivity contribution in [1.29, 1.82) is 0 Å². The van der Waals surface area contributed by atoms with Crippen LogP contribution in [0, 0.1) is 6.92 Å². The largest absolute Gasteiger partial charge is 0.456 e. The molecule has 0 aliphatic rings. The summed E-state index contributed by atoms with van der Waals surface area (Å²) in [6.07, 6.45) is 0. The van der Waals surface area contributed by atoms with Crippen molar-refractivity contribution in [2.24, 2.45) is 0 Å². The van der Waals surface area contributed by atoms with Gasteiger partial charge in [0.2, 0.25) is 0 Å². The van der Waals surface area contributed by atoms with Gasteiger partial charge in [0.05, 0.1) is 5.56 Å². The lowest BCUT2D eigenvalue weighted by molar-refractivity contribution is 0.00697. The van der Waals surface area contributed by atoms with Crippen molar-refractivity contribution in [2.75, 3.05) is 0 Å². The minimum absolute atomic E-state index is 0.347. The molecule has 0 N–H and O–H groups in total. The molecule has 0 amide bonds. The number of aromatic nitrogens is 1. The molecule has 0 fully saturated rings. The van der Waals surface area contributed by atoms with E-state index >= 15 is 0 Å². The number of carbonyl (C=O) groups excluding carboxylic acids is 1. The maximum absolute atomic E-state index is 11.8. The smallest absolute Gasteiger partial charge is 0.338 e. The molecule has 0 bridgehead atoms. The van der Waals surface area contributed by atoms with Crippen LogP contribution >= 0.6 is 0 Å². The van der Waals surface area contributed by atoms with Gasteiger partial charge in [-0.1, -0.05) is 5.16 Å². The van der Waals surface area contributed by atoms with Gasteiger partial charge >= 0.3 is 5.97 Å². The molecule has 1 aromatic heterocycles. The lowest BCUT2D eigenvalue weighted by Gasteiger charge is -2.19. The van der Waals surface area contributed by atoms with Crippen LogP contribution in [0.25, 0.3) is 10.9 Å². The zero-order valence-electron chi connectivity index (χ0n) is 10.4. The molecule has 0 saturated heterocycles. The van der Waals surface area contributed by atoms with Crippen molar-refractivity contribution in [3.05, 3.63) is 29.5 Å². The lowest BCUT2D eigenvalue weighted by atomic mass is 10.1. The molecule has 0 aliphatic heterocycles. The molecule has 0 aliphatic carbocycles. The van der Waals surface area contributed by atoms with Crippen LogP contribution in [0.2, 0.25) is 0 Å². The van der Waals surface area contributed by atoms with Crippen molar-refractivity contribution in [2.45, 2.75) is 33.3 Å². The second-order valence-corrected chi connectivity index (χ2v) is 4.97. The summed E-state index contributed by atoms with van der Waals surface area (Å²) in [5, 5.41) is 4.79. The second-order valence-electron chi connectivity index (χ2n) is 4.97. The summed E-state index contributed by atoms with van der Waals surface area (Å²) >= 11 is 0. The number of hydrogen-bond acceptors (Lipinski definition) is 4. The number of aryl methyl sites for hydroxylation is 1. The van der Waals surface area contributed by atoms with Crippen molar-refractivity contribution in [3.8, 4) is 0 Å². The third kappa shape index (κ3) is 2.46. The third-order valence-electron chi connectivity index (χ3n) is 2.29. The van der Waals surface area contributed by atoms with E-state index in [0.717, 1.165) is 11.1 Å². The Morgan fingerprint density at radius 2 is 2.06 bits per heavy atom. The Kier molecular flexibility index (Phi) is 2.65. The van der Waals surface area contributed by atoms with Crippen molar-refractivity contribution in [3.63, 3.8) is 0 Å². The van der Waals surface area contributed by atoms with E-state index in [1.165, 1.54) is 0 Å². The fourth-order valence-electron chi connectivity index (χ4n) is 1.54. The number of hydrogen-bond donors (Lipinski definition) is 0. The number of carbonyl (C=O) groups is 1. The van der Waals surface area contributed by atoms with Gasteiger partial charge in [-0.05, 0) is 45.9 Å². The highest BCUT2D eigenvalue weighted by Gasteiger charge is 2.18. The molecular formula is C13H15NO3. The normalized spacial score (nSPS) is 11.8. The molecule has 90 valence electrons. The zero-order valence-corrected chi connectivity index (χ0v) is 10.4. The highest BCUT2D eigenvalue weighted by molar-refractivity contribution is 5.94. The Balaban J connectivity index is 2.33. The van der Waals surface area contributed by atoms with Crippen molar-refractivity contribution >= 4 is 16.9 Å². The minimum atomic E-state index is -0.494. The third-order valence-corrected chi connectivity index (χ3v) is 2.29. The number of benzene rings is 1. The van der Waals surface area contributed by atoms with Crippen molar-refractivity contribution in [1.82, 2.24) is 5.16 Å². The van der Waals surface area contributed by atoms with Gasteiger partial charge in [-0.3, -0.25) is 0 Å². The zero-order chi connectivity index (χ0) is 12.6. The molecule has 0 spiro atoms. The van der Waals surface area contributed by atoms with E-state index in [1.807, 2.05) is 33.8 Å². The van der Waals surface area contributed by atoms with Gasteiger partial charge in [-0.25, -0.2) is 4.79 Å². The van der Waals surface area contributed by atoms with E-state index in [1.54, 1.807) is 12.1 Å². The fraction of sp³-hybridized carbons (Fsp3) is 0.385. The van der Waals surface area contributed by atoms with Crippen LogP contribution in [0.5, 0.6) is 0 Å². The first-order valence-corrected chi connectivity index (χ1v) is 5.46.